The molecule has 0 fully saturated rings. The summed E-state index contributed by atoms with van der Waals surface area (Å²) in [6.45, 7) is 8.27. The summed E-state index contributed by atoms with van der Waals surface area (Å²) in [5, 5.41) is 6.66. The number of benzene rings is 1. The Morgan fingerprint density at radius 3 is 2.44 bits per heavy atom. The molecule has 3 aromatic rings. The Kier molecular flexibility index (Phi) is 5.66. The summed E-state index contributed by atoms with van der Waals surface area (Å²) in [4.78, 5) is 26.7. The second-order valence-corrected chi connectivity index (χ2v) is 7.09. The number of hydrogen-bond donors (Lipinski definition) is 2. The van der Waals surface area contributed by atoms with Crippen molar-refractivity contribution in [2.24, 2.45) is 0 Å². The van der Waals surface area contributed by atoms with E-state index in [9.17, 15) is 4.79 Å². The number of thiazole rings is 1. The molecule has 0 aliphatic heterocycles. The van der Waals surface area contributed by atoms with Crippen molar-refractivity contribution < 1.29 is 9.53 Å². The highest BCUT2D eigenvalue weighted by Crippen LogP contribution is 2.24. The topological polar surface area (TPSA) is 89.0 Å². The molecule has 140 valence electrons. The summed E-state index contributed by atoms with van der Waals surface area (Å²) in [6, 6.07) is 7.21. The first kappa shape index (κ1) is 18.8. The molecule has 8 heteroatoms. The van der Waals surface area contributed by atoms with Crippen LogP contribution in [-0.4, -0.2) is 27.5 Å². The van der Waals surface area contributed by atoms with E-state index in [-0.39, 0.29) is 5.91 Å². The van der Waals surface area contributed by atoms with Crippen molar-refractivity contribution in [2.45, 2.75) is 27.7 Å². The number of anilines is 3. The minimum absolute atomic E-state index is 0.260. The molecule has 0 saturated carbocycles. The first-order chi connectivity index (χ1) is 13.0. The van der Waals surface area contributed by atoms with Gasteiger partial charge in [0.25, 0.3) is 5.91 Å². The molecule has 2 aromatic heterocycles. The summed E-state index contributed by atoms with van der Waals surface area (Å²) in [5.74, 6) is 0.918. The van der Waals surface area contributed by atoms with Gasteiger partial charge in [0.05, 0.1) is 23.6 Å². The van der Waals surface area contributed by atoms with Crippen LogP contribution in [0.5, 0.6) is 5.75 Å². The lowest BCUT2D eigenvalue weighted by Gasteiger charge is -2.09. The molecule has 1 aromatic carbocycles. The molecule has 1 amide bonds. The van der Waals surface area contributed by atoms with Gasteiger partial charge in [0.1, 0.15) is 5.75 Å². The fourth-order valence-electron chi connectivity index (χ4n) is 2.37. The Bertz CT molecular complexity index is 934. The predicted octanol–water partition coefficient (Wildman–Crippen LogP) is 4.25. The van der Waals surface area contributed by atoms with E-state index in [1.165, 1.54) is 6.20 Å². The molecule has 7 nitrogen and oxygen atoms in total. The first-order valence-electron chi connectivity index (χ1n) is 8.55. The molecular formula is C19H21N5O2S. The quantitative estimate of drug-likeness (QED) is 0.661. The zero-order chi connectivity index (χ0) is 19.4. The Hall–Kier alpha value is -3.00. The molecule has 2 N–H and O–H groups in total. The summed E-state index contributed by atoms with van der Waals surface area (Å²) in [5.41, 5.74) is 2.66. The number of amides is 1. The minimum atomic E-state index is -0.260. The van der Waals surface area contributed by atoms with Gasteiger partial charge in [-0.3, -0.25) is 4.79 Å². The number of nitrogens with zero attached hydrogens (tertiary/aromatic N) is 3. The molecule has 3 rings (SSSR count). The maximum absolute atomic E-state index is 12.5. The second kappa shape index (κ2) is 8.13. The molecule has 0 atom stereocenters. The van der Waals surface area contributed by atoms with Crippen LogP contribution < -0.4 is 15.4 Å². The Morgan fingerprint density at radius 2 is 1.85 bits per heavy atom. The van der Waals surface area contributed by atoms with Gasteiger partial charge in [-0.2, -0.15) is 0 Å². The van der Waals surface area contributed by atoms with Crippen LogP contribution in [0, 0.1) is 20.8 Å². The number of carbonyl (C=O) groups excluding carboxylic acids is 1. The van der Waals surface area contributed by atoms with E-state index in [4.69, 9.17) is 4.74 Å². The van der Waals surface area contributed by atoms with Gasteiger partial charge in [-0.15, -0.1) is 11.3 Å². The van der Waals surface area contributed by atoms with Crippen LogP contribution in [0.3, 0.4) is 0 Å². The van der Waals surface area contributed by atoms with Crippen molar-refractivity contribution in [1.82, 2.24) is 15.0 Å². The Balaban J connectivity index is 1.69. The summed E-state index contributed by atoms with van der Waals surface area (Å²) < 4.78 is 5.40. The number of hydrogen-bond acceptors (Lipinski definition) is 7. The largest absolute Gasteiger partial charge is 0.494 e. The third-order valence-electron chi connectivity index (χ3n) is 3.89. The van der Waals surface area contributed by atoms with Gasteiger partial charge in [0.15, 0.2) is 5.13 Å². The first-order valence-corrected chi connectivity index (χ1v) is 9.37. The van der Waals surface area contributed by atoms with E-state index in [0.29, 0.717) is 29.5 Å². The highest BCUT2D eigenvalue weighted by molar-refractivity contribution is 7.15. The minimum Gasteiger partial charge on any atom is -0.494 e. The number of aryl methyl sites for hydroxylation is 3. The van der Waals surface area contributed by atoms with Gasteiger partial charge in [-0.1, -0.05) is 0 Å². The van der Waals surface area contributed by atoms with Crippen molar-refractivity contribution in [3.8, 4) is 5.75 Å². The van der Waals surface area contributed by atoms with E-state index in [1.54, 1.807) is 30.4 Å². The molecule has 0 unspecified atom stereocenters. The van der Waals surface area contributed by atoms with E-state index >= 15 is 0 Å². The van der Waals surface area contributed by atoms with Crippen molar-refractivity contribution in [2.75, 3.05) is 17.2 Å². The number of nitrogens with one attached hydrogen (secondary N) is 2. The lowest BCUT2D eigenvalue weighted by molar-refractivity contribution is 0.102. The smallest absolute Gasteiger partial charge is 0.259 e. The van der Waals surface area contributed by atoms with E-state index < -0.39 is 0 Å². The van der Waals surface area contributed by atoms with Crippen molar-refractivity contribution >= 4 is 34.0 Å². The third kappa shape index (κ3) is 4.59. The van der Waals surface area contributed by atoms with Gasteiger partial charge < -0.3 is 15.4 Å². The summed E-state index contributed by atoms with van der Waals surface area (Å²) >= 11 is 1.54. The van der Waals surface area contributed by atoms with Crippen LogP contribution in [0.15, 0.2) is 30.5 Å². The van der Waals surface area contributed by atoms with Crippen LogP contribution in [0.2, 0.25) is 0 Å². The molecule has 0 bridgehead atoms. The van der Waals surface area contributed by atoms with E-state index in [0.717, 1.165) is 21.5 Å². The van der Waals surface area contributed by atoms with Crippen molar-refractivity contribution in [1.29, 1.82) is 0 Å². The number of aromatic nitrogens is 3. The fourth-order valence-corrected chi connectivity index (χ4v) is 3.18. The second-order valence-electron chi connectivity index (χ2n) is 5.89. The van der Waals surface area contributed by atoms with Crippen LogP contribution in [-0.2, 0) is 0 Å². The van der Waals surface area contributed by atoms with Crippen molar-refractivity contribution in [3.05, 3.63) is 52.3 Å². The maximum Gasteiger partial charge on any atom is 0.259 e. The SMILES string of the molecule is CCOc1ccc(NC(=O)c2cnc(Nc3nc(C)c(C)s3)nc2C)cc1. The zero-order valence-corrected chi connectivity index (χ0v) is 16.5. The number of ether oxygens (including phenoxy) is 1. The zero-order valence-electron chi connectivity index (χ0n) is 15.7. The Labute approximate surface area is 161 Å². The van der Waals surface area contributed by atoms with Gasteiger partial charge >= 0.3 is 0 Å². The van der Waals surface area contributed by atoms with Gasteiger partial charge in [0, 0.05) is 16.8 Å². The predicted molar refractivity (Wildman–Crippen MR) is 107 cm³/mol. The molecule has 0 saturated heterocycles. The monoisotopic (exact) mass is 383 g/mol. The standard InChI is InChI=1S/C19H21N5O2S/c1-5-26-15-8-6-14(7-9-15)23-17(25)16-10-20-18(21-12(16)3)24-19-22-11(2)13(4)27-19/h6-10H,5H2,1-4H3,(H,23,25)(H,20,21,22,24). The van der Waals surface area contributed by atoms with Crippen LogP contribution in [0.4, 0.5) is 16.8 Å². The van der Waals surface area contributed by atoms with Crippen molar-refractivity contribution in [3.63, 3.8) is 0 Å². The number of rotatable bonds is 6. The maximum atomic E-state index is 12.5. The Morgan fingerprint density at radius 1 is 1.11 bits per heavy atom. The highest BCUT2D eigenvalue weighted by atomic mass is 32.1. The normalized spacial score (nSPS) is 10.5. The summed E-state index contributed by atoms with van der Waals surface area (Å²) in [7, 11) is 0. The lowest BCUT2D eigenvalue weighted by Crippen LogP contribution is -2.15. The summed E-state index contributed by atoms with van der Waals surface area (Å²) in [6.07, 6.45) is 1.52. The van der Waals surface area contributed by atoms with Gasteiger partial charge in [-0.05, 0) is 52.0 Å². The number of carbonyl (C=O) groups is 1. The fraction of sp³-hybridized carbons (Fsp3) is 0.263. The average molecular weight is 383 g/mol. The third-order valence-corrected chi connectivity index (χ3v) is 4.88. The molecule has 0 aliphatic rings. The molecule has 0 radical (unpaired) electrons. The van der Waals surface area contributed by atoms with Gasteiger partial charge in [0.2, 0.25) is 5.95 Å². The van der Waals surface area contributed by atoms with E-state index in [2.05, 4.69) is 25.6 Å². The lowest BCUT2D eigenvalue weighted by atomic mass is 10.2. The van der Waals surface area contributed by atoms with Crippen LogP contribution >= 0.6 is 11.3 Å². The van der Waals surface area contributed by atoms with Crippen LogP contribution in [0.1, 0.15) is 33.5 Å². The molecule has 2 heterocycles. The van der Waals surface area contributed by atoms with Crippen LogP contribution in [0.25, 0.3) is 0 Å². The molecule has 0 spiro atoms. The average Bonchev–Trinajstić information content (AvgIpc) is 2.94. The van der Waals surface area contributed by atoms with E-state index in [1.807, 2.05) is 32.9 Å². The highest BCUT2D eigenvalue weighted by Gasteiger charge is 2.13. The van der Waals surface area contributed by atoms with Gasteiger partial charge in [-0.25, -0.2) is 15.0 Å². The molecule has 0 aliphatic carbocycles. The molecule has 27 heavy (non-hydrogen) atoms. The molecular weight excluding hydrogens is 362 g/mol.